The Morgan fingerprint density at radius 3 is 3.08 bits per heavy atom. The average molecular weight is 184 g/mol. The summed E-state index contributed by atoms with van der Waals surface area (Å²) in [6, 6.07) is 0. The van der Waals surface area contributed by atoms with E-state index >= 15 is 0 Å². The van der Waals surface area contributed by atoms with Gasteiger partial charge in [-0.25, -0.2) is 4.98 Å². The van der Waals surface area contributed by atoms with Crippen molar-refractivity contribution >= 4 is 17.2 Å². The fraction of sp³-hybridized carbons (Fsp3) is 0.500. The molecule has 0 unspecified atom stereocenters. The molecule has 12 heavy (non-hydrogen) atoms. The van der Waals surface area contributed by atoms with Crippen LogP contribution in [0.5, 0.6) is 0 Å². The van der Waals surface area contributed by atoms with E-state index in [1.807, 2.05) is 12.3 Å². The van der Waals surface area contributed by atoms with Crippen molar-refractivity contribution in [2.24, 2.45) is 5.92 Å². The molecule has 1 N–H and O–H groups in total. The van der Waals surface area contributed by atoms with Gasteiger partial charge in [0.15, 0.2) is 0 Å². The highest BCUT2D eigenvalue weighted by Crippen LogP contribution is 2.08. The van der Waals surface area contributed by atoms with E-state index in [1.165, 1.54) is 0 Å². The van der Waals surface area contributed by atoms with Crippen LogP contribution in [0.25, 0.3) is 0 Å². The van der Waals surface area contributed by atoms with Crippen LogP contribution in [0.15, 0.2) is 10.9 Å². The Bertz CT molecular complexity index is 246. The van der Waals surface area contributed by atoms with Crippen LogP contribution in [0.4, 0.5) is 0 Å². The number of nitrogens with one attached hydrogen (secondary N) is 1. The molecule has 0 spiro atoms. The van der Waals surface area contributed by atoms with Crippen LogP contribution >= 0.6 is 11.3 Å². The zero-order chi connectivity index (χ0) is 8.97. The second-order valence-corrected chi connectivity index (χ2v) is 3.42. The molecule has 1 heterocycles. The molecule has 0 saturated heterocycles. The smallest absolute Gasteiger partial charge is 0.222 e. The van der Waals surface area contributed by atoms with Crippen LogP contribution in [-0.4, -0.2) is 17.9 Å². The zero-order valence-corrected chi connectivity index (χ0v) is 8.02. The number of nitrogens with zero attached hydrogens (tertiary/aromatic N) is 1. The standard InChI is InChI=1S/C8H12N2OS/c1-6(8(11)9-2)3-7-4-12-5-10-7/h4-6H,3H2,1-2H3,(H,9,11)/t6-/m0/s1. The summed E-state index contributed by atoms with van der Waals surface area (Å²) in [5.74, 6) is 0.0834. The summed E-state index contributed by atoms with van der Waals surface area (Å²) in [4.78, 5) is 15.2. The molecule has 0 aromatic carbocycles. The van der Waals surface area contributed by atoms with E-state index < -0.39 is 0 Å². The van der Waals surface area contributed by atoms with E-state index in [2.05, 4.69) is 10.3 Å². The Balaban J connectivity index is 2.47. The number of amides is 1. The van der Waals surface area contributed by atoms with Gasteiger partial charge in [0.1, 0.15) is 0 Å². The van der Waals surface area contributed by atoms with Gasteiger partial charge in [-0.3, -0.25) is 4.79 Å². The molecule has 0 bridgehead atoms. The van der Waals surface area contributed by atoms with Crippen molar-refractivity contribution in [3.63, 3.8) is 0 Å². The van der Waals surface area contributed by atoms with Crippen LogP contribution in [0.1, 0.15) is 12.6 Å². The third-order valence-corrected chi connectivity index (χ3v) is 2.33. The number of hydrogen-bond donors (Lipinski definition) is 1. The lowest BCUT2D eigenvalue weighted by molar-refractivity contribution is -0.123. The minimum Gasteiger partial charge on any atom is -0.359 e. The highest BCUT2D eigenvalue weighted by molar-refractivity contribution is 7.07. The summed E-state index contributed by atoms with van der Waals surface area (Å²) < 4.78 is 0. The van der Waals surface area contributed by atoms with E-state index in [1.54, 1.807) is 23.9 Å². The van der Waals surface area contributed by atoms with Gasteiger partial charge in [0.05, 0.1) is 11.2 Å². The van der Waals surface area contributed by atoms with E-state index in [9.17, 15) is 4.79 Å². The van der Waals surface area contributed by atoms with E-state index in [-0.39, 0.29) is 11.8 Å². The first-order chi connectivity index (χ1) is 5.74. The second-order valence-electron chi connectivity index (χ2n) is 2.70. The molecule has 1 rings (SSSR count). The molecule has 4 heteroatoms. The molecule has 0 aliphatic carbocycles. The molecule has 0 fully saturated rings. The van der Waals surface area contributed by atoms with E-state index in [0.29, 0.717) is 0 Å². The first kappa shape index (κ1) is 9.19. The van der Waals surface area contributed by atoms with Gasteiger partial charge in [0.25, 0.3) is 0 Å². The van der Waals surface area contributed by atoms with Gasteiger partial charge < -0.3 is 5.32 Å². The average Bonchev–Trinajstić information content (AvgIpc) is 2.55. The fourth-order valence-corrected chi connectivity index (χ4v) is 1.56. The lowest BCUT2D eigenvalue weighted by atomic mass is 10.1. The molecule has 0 aliphatic rings. The zero-order valence-electron chi connectivity index (χ0n) is 7.20. The Morgan fingerprint density at radius 2 is 2.58 bits per heavy atom. The third kappa shape index (κ3) is 2.30. The lowest BCUT2D eigenvalue weighted by Gasteiger charge is -2.06. The second kappa shape index (κ2) is 4.21. The molecule has 1 amide bonds. The normalized spacial score (nSPS) is 12.5. The maximum atomic E-state index is 11.1. The number of hydrogen-bond acceptors (Lipinski definition) is 3. The van der Waals surface area contributed by atoms with Crippen LogP contribution in [-0.2, 0) is 11.2 Å². The first-order valence-electron chi connectivity index (χ1n) is 3.82. The molecule has 0 saturated carbocycles. The summed E-state index contributed by atoms with van der Waals surface area (Å²) >= 11 is 1.56. The van der Waals surface area contributed by atoms with Crippen molar-refractivity contribution in [2.45, 2.75) is 13.3 Å². The van der Waals surface area contributed by atoms with Gasteiger partial charge in [0, 0.05) is 24.8 Å². The van der Waals surface area contributed by atoms with Gasteiger partial charge in [-0.1, -0.05) is 6.92 Å². The molecule has 3 nitrogen and oxygen atoms in total. The van der Waals surface area contributed by atoms with Crippen molar-refractivity contribution in [1.82, 2.24) is 10.3 Å². The molecule has 1 aromatic rings. The van der Waals surface area contributed by atoms with Crippen molar-refractivity contribution in [3.05, 3.63) is 16.6 Å². The predicted molar refractivity (Wildman–Crippen MR) is 49.0 cm³/mol. The van der Waals surface area contributed by atoms with Crippen molar-refractivity contribution < 1.29 is 4.79 Å². The molecular formula is C8H12N2OS. The van der Waals surface area contributed by atoms with Gasteiger partial charge in [-0.15, -0.1) is 11.3 Å². The lowest BCUT2D eigenvalue weighted by Crippen LogP contribution is -2.26. The molecule has 0 aliphatic heterocycles. The van der Waals surface area contributed by atoms with Crippen molar-refractivity contribution in [2.75, 3.05) is 7.05 Å². The first-order valence-corrected chi connectivity index (χ1v) is 4.77. The number of carbonyl (C=O) groups excluding carboxylic acids is 1. The molecule has 1 atom stereocenters. The molecular weight excluding hydrogens is 172 g/mol. The third-order valence-electron chi connectivity index (χ3n) is 1.69. The molecule has 66 valence electrons. The topological polar surface area (TPSA) is 42.0 Å². The molecule has 0 radical (unpaired) electrons. The fourth-order valence-electron chi connectivity index (χ4n) is 0.991. The highest BCUT2D eigenvalue weighted by Gasteiger charge is 2.11. The largest absolute Gasteiger partial charge is 0.359 e. The van der Waals surface area contributed by atoms with Gasteiger partial charge in [0.2, 0.25) is 5.91 Å². The Kier molecular flexibility index (Phi) is 3.22. The van der Waals surface area contributed by atoms with Crippen LogP contribution in [0.2, 0.25) is 0 Å². The quantitative estimate of drug-likeness (QED) is 0.763. The predicted octanol–water partition coefficient (Wildman–Crippen LogP) is 1.07. The Hall–Kier alpha value is -0.900. The summed E-state index contributed by atoms with van der Waals surface area (Å²) in [7, 11) is 1.65. The van der Waals surface area contributed by atoms with Gasteiger partial charge in [-0.2, -0.15) is 0 Å². The van der Waals surface area contributed by atoms with Crippen LogP contribution in [0, 0.1) is 5.92 Å². The number of rotatable bonds is 3. The monoisotopic (exact) mass is 184 g/mol. The van der Waals surface area contributed by atoms with Crippen LogP contribution in [0.3, 0.4) is 0 Å². The SMILES string of the molecule is CNC(=O)[C@@H](C)Cc1cscn1. The van der Waals surface area contributed by atoms with Crippen molar-refractivity contribution in [3.8, 4) is 0 Å². The van der Waals surface area contributed by atoms with E-state index in [0.717, 1.165) is 12.1 Å². The maximum absolute atomic E-state index is 11.1. The van der Waals surface area contributed by atoms with E-state index in [4.69, 9.17) is 0 Å². The minimum atomic E-state index is 0.0112. The van der Waals surface area contributed by atoms with Gasteiger partial charge >= 0.3 is 0 Å². The Labute approximate surface area is 75.8 Å². The minimum absolute atomic E-state index is 0.0112. The highest BCUT2D eigenvalue weighted by atomic mass is 32.1. The summed E-state index contributed by atoms with van der Waals surface area (Å²) in [5.41, 5.74) is 2.78. The summed E-state index contributed by atoms with van der Waals surface area (Å²) in [6.45, 7) is 1.90. The number of aromatic nitrogens is 1. The number of carbonyl (C=O) groups is 1. The van der Waals surface area contributed by atoms with Gasteiger partial charge in [-0.05, 0) is 0 Å². The van der Waals surface area contributed by atoms with Crippen LogP contribution < -0.4 is 5.32 Å². The summed E-state index contributed by atoms with van der Waals surface area (Å²) in [5, 5.41) is 4.59. The van der Waals surface area contributed by atoms with Crippen molar-refractivity contribution in [1.29, 1.82) is 0 Å². The number of thiazole rings is 1. The summed E-state index contributed by atoms with van der Waals surface area (Å²) in [6.07, 6.45) is 0.725. The maximum Gasteiger partial charge on any atom is 0.222 e. The Morgan fingerprint density at radius 1 is 1.83 bits per heavy atom. The molecule has 1 aromatic heterocycles.